The van der Waals surface area contributed by atoms with Crippen LogP contribution >= 0.6 is 0 Å². The topological polar surface area (TPSA) is 89.1 Å². The molecule has 2 amide bonds. The molecule has 0 aromatic heterocycles. The number of nitrogens with zero attached hydrogens (tertiary/aromatic N) is 3. The first-order valence-corrected chi connectivity index (χ1v) is 12.0. The van der Waals surface area contributed by atoms with E-state index in [9.17, 15) is 9.59 Å². The molecule has 0 saturated carbocycles. The van der Waals surface area contributed by atoms with Crippen molar-refractivity contribution in [2.24, 2.45) is 4.99 Å². The fourth-order valence-electron chi connectivity index (χ4n) is 4.39. The summed E-state index contributed by atoms with van der Waals surface area (Å²) in [6.45, 7) is 9.98. The summed E-state index contributed by atoms with van der Waals surface area (Å²) < 4.78 is 0. The third-order valence-electron chi connectivity index (χ3n) is 6.20. The Morgan fingerprint density at radius 1 is 1.16 bits per heavy atom. The van der Waals surface area contributed by atoms with E-state index in [1.807, 2.05) is 24.3 Å². The van der Waals surface area contributed by atoms with Crippen LogP contribution in [0.1, 0.15) is 55.5 Å². The summed E-state index contributed by atoms with van der Waals surface area (Å²) in [4.78, 5) is 33.0. The number of rotatable bonds is 8. The lowest BCUT2D eigenvalue weighted by molar-refractivity contribution is -0.123. The van der Waals surface area contributed by atoms with Crippen molar-refractivity contribution in [1.82, 2.24) is 25.8 Å². The van der Waals surface area contributed by atoms with Crippen molar-refractivity contribution < 1.29 is 9.59 Å². The first kappa shape index (κ1) is 24.0. The summed E-state index contributed by atoms with van der Waals surface area (Å²) >= 11 is 0. The maximum absolute atomic E-state index is 12.6. The Bertz CT molecular complexity index is 779. The number of amides is 2. The van der Waals surface area contributed by atoms with E-state index in [4.69, 9.17) is 4.99 Å². The van der Waals surface area contributed by atoms with Crippen LogP contribution in [0.15, 0.2) is 29.3 Å². The minimum absolute atomic E-state index is 0.104. The van der Waals surface area contributed by atoms with Crippen LogP contribution in [0.25, 0.3) is 0 Å². The Hall–Kier alpha value is -2.61. The molecule has 0 aliphatic carbocycles. The molecule has 176 valence electrons. The lowest BCUT2D eigenvalue weighted by Gasteiger charge is -2.35. The van der Waals surface area contributed by atoms with Gasteiger partial charge in [0.25, 0.3) is 5.91 Å². The molecule has 32 heavy (non-hydrogen) atoms. The van der Waals surface area contributed by atoms with E-state index in [2.05, 4.69) is 34.7 Å². The molecule has 8 nitrogen and oxygen atoms in total. The predicted molar refractivity (Wildman–Crippen MR) is 128 cm³/mol. The van der Waals surface area contributed by atoms with Gasteiger partial charge in [0.05, 0.1) is 13.1 Å². The van der Waals surface area contributed by atoms with Crippen LogP contribution in [0.2, 0.25) is 0 Å². The van der Waals surface area contributed by atoms with Gasteiger partial charge in [0.2, 0.25) is 5.91 Å². The molecule has 2 heterocycles. The molecule has 2 saturated heterocycles. The highest BCUT2D eigenvalue weighted by atomic mass is 16.2. The number of carbonyl (C=O) groups excluding carboxylic acids is 2. The van der Waals surface area contributed by atoms with E-state index >= 15 is 0 Å². The van der Waals surface area contributed by atoms with Crippen LogP contribution in [-0.2, 0) is 11.3 Å². The average Bonchev–Trinajstić information content (AvgIpc) is 2.82. The lowest BCUT2D eigenvalue weighted by Crippen LogP contribution is -2.49. The van der Waals surface area contributed by atoms with Crippen molar-refractivity contribution in [3.8, 4) is 0 Å². The molecular weight excluding hydrogens is 404 g/mol. The quantitative estimate of drug-likeness (QED) is 0.420. The highest BCUT2D eigenvalue weighted by molar-refractivity contribution is 5.97. The number of hydrogen-bond donors (Lipinski definition) is 3. The third-order valence-corrected chi connectivity index (χ3v) is 6.20. The number of nitrogens with one attached hydrogen (secondary N) is 3. The first-order valence-electron chi connectivity index (χ1n) is 12.0. The number of benzene rings is 1. The van der Waals surface area contributed by atoms with E-state index in [-0.39, 0.29) is 18.4 Å². The van der Waals surface area contributed by atoms with Crippen molar-refractivity contribution in [3.63, 3.8) is 0 Å². The molecule has 2 aliphatic rings. The number of hydrogen-bond acceptors (Lipinski definition) is 4. The molecule has 1 unspecified atom stereocenters. The number of aliphatic imine (C=N–C) groups is 1. The van der Waals surface area contributed by atoms with Crippen LogP contribution in [0.3, 0.4) is 0 Å². The highest BCUT2D eigenvalue weighted by Crippen LogP contribution is 2.18. The van der Waals surface area contributed by atoms with Gasteiger partial charge in [-0.25, -0.2) is 4.99 Å². The van der Waals surface area contributed by atoms with Gasteiger partial charge in [-0.2, -0.15) is 0 Å². The summed E-state index contributed by atoms with van der Waals surface area (Å²) in [5.74, 6) is 0.606. The second kappa shape index (κ2) is 12.4. The van der Waals surface area contributed by atoms with Crippen LogP contribution in [0, 0.1) is 0 Å². The van der Waals surface area contributed by atoms with Gasteiger partial charge in [-0.05, 0) is 50.4 Å². The Labute approximate surface area is 191 Å². The minimum atomic E-state index is -0.107. The summed E-state index contributed by atoms with van der Waals surface area (Å²) in [5, 5.41) is 9.51. The van der Waals surface area contributed by atoms with Crippen molar-refractivity contribution in [3.05, 3.63) is 35.4 Å². The molecule has 2 fully saturated rings. The van der Waals surface area contributed by atoms with Gasteiger partial charge in [0.15, 0.2) is 5.96 Å². The zero-order valence-electron chi connectivity index (χ0n) is 19.5. The number of carbonyl (C=O) groups is 2. The summed E-state index contributed by atoms with van der Waals surface area (Å²) in [7, 11) is 0. The predicted octanol–water partition coefficient (Wildman–Crippen LogP) is 1.58. The number of guanidine groups is 1. The Balaban J connectivity index is 1.50. The zero-order valence-corrected chi connectivity index (χ0v) is 19.5. The van der Waals surface area contributed by atoms with Crippen LogP contribution in [-0.4, -0.2) is 79.4 Å². The van der Waals surface area contributed by atoms with E-state index in [0.29, 0.717) is 31.2 Å². The summed E-state index contributed by atoms with van der Waals surface area (Å²) in [6.07, 6.45) is 5.18. The summed E-state index contributed by atoms with van der Waals surface area (Å²) in [6, 6.07) is 8.22. The Morgan fingerprint density at radius 2 is 1.97 bits per heavy atom. The fraction of sp³-hybridized carbons (Fsp3) is 0.625. The van der Waals surface area contributed by atoms with E-state index in [1.165, 1.54) is 32.2 Å². The van der Waals surface area contributed by atoms with E-state index < -0.39 is 0 Å². The van der Waals surface area contributed by atoms with E-state index in [0.717, 1.165) is 31.2 Å². The molecule has 1 aromatic carbocycles. The van der Waals surface area contributed by atoms with Gasteiger partial charge >= 0.3 is 0 Å². The molecule has 0 spiro atoms. The molecule has 3 N–H and O–H groups in total. The van der Waals surface area contributed by atoms with E-state index in [1.54, 1.807) is 4.90 Å². The van der Waals surface area contributed by atoms with Crippen LogP contribution in [0.5, 0.6) is 0 Å². The smallest absolute Gasteiger partial charge is 0.254 e. The molecule has 2 aliphatic heterocycles. The van der Waals surface area contributed by atoms with Gasteiger partial charge in [0, 0.05) is 44.3 Å². The van der Waals surface area contributed by atoms with Gasteiger partial charge < -0.3 is 20.9 Å². The molecule has 1 atom stereocenters. The summed E-state index contributed by atoms with van der Waals surface area (Å²) in [5.41, 5.74) is 1.64. The van der Waals surface area contributed by atoms with Crippen LogP contribution < -0.4 is 16.0 Å². The lowest BCUT2D eigenvalue weighted by atomic mass is 10.0. The maximum atomic E-state index is 12.6. The molecular formula is C24H38N6O2. The second-order valence-electron chi connectivity index (χ2n) is 8.49. The highest BCUT2D eigenvalue weighted by Gasteiger charge is 2.22. The third kappa shape index (κ3) is 6.95. The Morgan fingerprint density at radius 3 is 2.69 bits per heavy atom. The molecule has 0 bridgehead atoms. The average molecular weight is 443 g/mol. The van der Waals surface area contributed by atoms with Crippen molar-refractivity contribution in [2.75, 3.05) is 45.8 Å². The van der Waals surface area contributed by atoms with Gasteiger partial charge in [-0.1, -0.05) is 25.5 Å². The molecule has 0 radical (unpaired) electrons. The number of piperazine rings is 1. The number of piperidine rings is 1. The monoisotopic (exact) mass is 442 g/mol. The van der Waals surface area contributed by atoms with Crippen molar-refractivity contribution >= 4 is 17.8 Å². The molecule has 8 heteroatoms. The molecule has 1 aromatic rings. The number of likely N-dealkylation sites (tertiary alicyclic amines) is 1. The van der Waals surface area contributed by atoms with Gasteiger partial charge in [-0.15, -0.1) is 0 Å². The first-order chi connectivity index (χ1) is 15.6. The van der Waals surface area contributed by atoms with Crippen LogP contribution in [0.4, 0.5) is 0 Å². The fourth-order valence-corrected chi connectivity index (χ4v) is 4.39. The van der Waals surface area contributed by atoms with Gasteiger partial charge in [0.1, 0.15) is 0 Å². The van der Waals surface area contributed by atoms with Gasteiger partial charge in [-0.3, -0.25) is 14.5 Å². The zero-order chi connectivity index (χ0) is 22.8. The minimum Gasteiger partial charge on any atom is -0.357 e. The largest absolute Gasteiger partial charge is 0.357 e. The van der Waals surface area contributed by atoms with Crippen molar-refractivity contribution in [1.29, 1.82) is 0 Å². The maximum Gasteiger partial charge on any atom is 0.254 e. The second-order valence-corrected chi connectivity index (χ2v) is 8.49. The molecule has 3 rings (SSSR count). The standard InChI is InChI=1S/C24H38N6O2/c1-3-21-7-5-6-14-29(21)15-13-27-24(25-4-2)28-17-19-8-10-20(11-9-19)23(32)30-16-12-26-22(31)18-30/h8-11,21H,3-7,12-18H2,1-2H3,(H,26,31)(H2,25,27,28). The SMILES string of the molecule is CCNC(=NCc1ccc(C(=O)N2CCNC(=O)C2)cc1)NCCN1CCCCC1CC. The normalized spacial score (nSPS) is 20.1. The van der Waals surface area contributed by atoms with Crippen molar-refractivity contribution in [2.45, 2.75) is 52.1 Å². The Kier molecular flexibility index (Phi) is 9.34.